The van der Waals surface area contributed by atoms with E-state index >= 15 is 0 Å². The molecule has 110 valence electrons. The minimum absolute atomic E-state index is 0.590. The summed E-state index contributed by atoms with van der Waals surface area (Å²) in [7, 11) is 0. The third-order valence-corrected chi connectivity index (χ3v) is 4.52. The molecule has 0 saturated heterocycles. The van der Waals surface area contributed by atoms with Crippen LogP contribution in [0, 0.1) is 0 Å². The molecule has 0 bridgehead atoms. The lowest BCUT2D eigenvalue weighted by Gasteiger charge is -2.22. The fourth-order valence-electron chi connectivity index (χ4n) is 2.90. The predicted octanol–water partition coefficient (Wildman–Crippen LogP) is 4.02. The molecule has 0 unspecified atom stereocenters. The number of nitrogens with one attached hydrogen (secondary N) is 1. The zero-order chi connectivity index (χ0) is 14.7. The van der Waals surface area contributed by atoms with Crippen molar-refractivity contribution < 1.29 is 0 Å². The highest BCUT2D eigenvalue weighted by Gasteiger charge is 2.25. The van der Waals surface area contributed by atoms with E-state index in [-0.39, 0.29) is 0 Å². The first-order valence-corrected chi connectivity index (χ1v) is 8.08. The van der Waals surface area contributed by atoms with Crippen LogP contribution in [0.25, 0.3) is 0 Å². The number of nitrogens with zero attached hydrogens (tertiary/aromatic N) is 2. The van der Waals surface area contributed by atoms with Gasteiger partial charge in [-0.05, 0) is 31.9 Å². The Hall–Kier alpha value is -1.68. The Kier molecular flexibility index (Phi) is 4.34. The molecule has 1 aromatic carbocycles. The summed E-state index contributed by atoms with van der Waals surface area (Å²) in [5.41, 5.74) is 3.04. The van der Waals surface area contributed by atoms with Gasteiger partial charge in [-0.2, -0.15) is 5.10 Å². The predicted molar refractivity (Wildman–Crippen MR) is 92.7 cm³/mol. The summed E-state index contributed by atoms with van der Waals surface area (Å²) in [5.74, 6) is 0. The van der Waals surface area contributed by atoms with Crippen LogP contribution < -0.4 is 10.3 Å². The fraction of sp³-hybridized carbons (Fsp3) is 0.412. The van der Waals surface area contributed by atoms with Crippen LogP contribution in [0.3, 0.4) is 0 Å². The van der Waals surface area contributed by atoms with Gasteiger partial charge < -0.3 is 5.32 Å². The van der Waals surface area contributed by atoms with Gasteiger partial charge in [-0.25, -0.2) is 5.01 Å². The lowest BCUT2D eigenvalue weighted by molar-refractivity contribution is 0.404. The van der Waals surface area contributed by atoms with Gasteiger partial charge in [0.25, 0.3) is 0 Å². The summed E-state index contributed by atoms with van der Waals surface area (Å²) in [6, 6.07) is 10.7. The van der Waals surface area contributed by atoms with Gasteiger partial charge in [0.2, 0.25) is 0 Å². The standard InChI is InChI=1S/C17H21N3S/c1-13-16(12-18-14-8-4-2-5-9-14)17(21)20(19-13)15-10-6-3-7-11-15/h3,6-7,10-12,14,18H,2,4-5,8-9H2,1H3/b16-12-. The molecule has 1 aromatic rings. The third kappa shape index (κ3) is 3.16. The summed E-state index contributed by atoms with van der Waals surface area (Å²) in [4.78, 5) is 0.780. The Morgan fingerprint density at radius 3 is 2.62 bits per heavy atom. The summed E-state index contributed by atoms with van der Waals surface area (Å²) in [6.07, 6.45) is 8.61. The first-order valence-electron chi connectivity index (χ1n) is 7.67. The smallest absolute Gasteiger partial charge is 0.138 e. The third-order valence-electron chi connectivity index (χ3n) is 4.13. The van der Waals surface area contributed by atoms with E-state index in [2.05, 4.69) is 16.6 Å². The van der Waals surface area contributed by atoms with Gasteiger partial charge in [0.1, 0.15) is 4.99 Å². The molecule has 0 atom stereocenters. The van der Waals surface area contributed by atoms with Crippen molar-refractivity contribution in [1.82, 2.24) is 5.32 Å². The lowest BCUT2D eigenvalue weighted by atomic mass is 9.95. The van der Waals surface area contributed by atoms with Crippen molar-refractivity contribution in [3.8, 4) is 0 Å². The second-order valence-corrected chi connectivity index (χ2v) is 6.08. The topological polar surface area (TPSA) is 27.6 Å². The number of hydrazone groups is 1. The molecule has 1 N–H and O–H groups in total. The summed E-state index contributed by atoms with van der Waals surface area (Å²) >= 11 is 5.59. The van der Waals surface area contributed by atoms with E-state index in [1.807, 2.05) is 42.3 Å². The Labute approximate surface area is 131 Å². The zero-order valence-corrected chi connectivity index (χ0v) is 13.2. The molecular weight excluding hydrogens is 278 g/mol. The van der Waals surface area contributed by atoms with Gasteiger partial charge in [-0.15, -0.1) is 0 Å². The van der Waals surface area contributed by atoms with E-state index in [9.17, 15) is 0 Å². The van der Waals surface area contributed by atoms with Crippen LogP contribution in [0.2, 0.25) is 0 Å². The number of para-hydroxylation sites is 1. The molecule has 3 nitrogen and oxygen atoms in total. The molecule has 3 rings (SSSR count). The van der Waals surface area contributed by atoms with Crippen molar-refractivity contribution in [2.45, 2.75) is 45.1 Å². The van der Waals surface area contributed by atoms with Gasteiger partial charge >= 0.3 is 0 Å². The minimum atomic E-state index is 0.590. The molecule has 1 heterocycles. The van der Waals surface area contributed by atoms with Crippen molar-refractivity contribution in [1.29, 1.82) is 0 Å². The van der Waals surface area contributed by atoms with E-state index in [0.717, 1.165) is 22.0 Å². The zero-order valence-electron chi connectivity index (χ0n) is 12.4. The SMILES string of the molecule is CC1=NN(c2ccccc2)C(=S)/C1=C\NC1CCCCC1. The maximum absolute atomic E-state index is 5.59. The van der Waals surface area contributed by atoms with E-state index in [0.29, 0.717) is 6.04 Å². The molecule has 2 aliphatic rings. The number of anilines is 1. The molecule has 4 heteroatoms. The summed E-state index contributed by atoms with van der Waals surface area (Å²) < 4.78 is 0. The van der Waals surface area contributed by atoms with Crippen LogP contribution in [-0.2, 0) is 0 Å². The second-order valence-electron chi connectivity index (χ2n) is 5.70. The van der Waals surface area contributed by atoms with Crippen LogP contribution in [0.5, 0.6) is 0 Å². The Bertz CT molecular complexity index is 571. The van der Waals surface area contributed by atoms with Crippen molar-refractivity contribution >= 4 is 28.6 Å². The van der Waals surface area contributed by atoms with E-state index in [1.165, 1.54) is 32.1 Å². The maximum Gasteiger partial charge on any atom is 0.138 e. The van der Waals surface area contributed by atoms with Gasteiger partial charge in [-0.3, -0.25) is 0 Å². The highest BCUT2D eigenvalue weighted by atomic mass is 32.1. The highest BCUT2D eigenvalue weighted by Crippen LogP contribution is 2.24. The molecule has 1 aliphatic carbocycles. The lowest BCUT2D eigenvalue weighted by Crippen LogP contribution is -2.28. The first-order chi connectivity index (χ1) is 10.3. The maximum atomic E-state index is 5.59. The van der Waals surface area contributed by atoms with Gasteiger partial charge in [-0.1, -0.05) is 49.7 Å². The van der Waals surface area contributed by atoms with Gasteiger partial charge in [0, 0.05) is 12.2 Å². The number of hydrogen-bond donors (Lipinski definition) is 1. The molecule has 0 radical (unpaired) electrons. The molecule has 1 aliphatic heterocycles. The van der Waals surface area contributed by atoms with Crippen molar-refractivity contribution in [3.63, 3.8) is 0 Å². The van der Waals surface area contributed by atoms with E-state index in [4.69, 9.17) is 12.2 Å². The van der Waals surface area contributed by atoms with Crippen LogP contribution in [0.1, 0.15) is 39.0 Å². The van der Waals surface area contributed by atoms with Crippen LogP contribution >= 0.6 is 12.2 Å². The summed E-state index contributed by atoms with van der Waals surface area (Å²) in [5, 5.41) is 9.97. The molecule has 0 spiro atoms. The quantitative estimate of drug-likeness (QED) is 0.675. The largest absolute Gasteiger partial charge is 0.388 e. The van der Waals surface area contributed by atoms with Crippen molar-refractivity contribution in [3.05, 3.63) is 42.1 Å². The molecule has 0 amide bonds. The number of hydrogen-bond acceptors (Lipinski definition) is 3. The highest BCUT2D eigenvalue weighted by molar-refractivity contribution is 7.81. The van der Waals surface area contributed by atoms with E-state index < -0.39 is 0 Å². The second kappa shape index (κ2) is 6.39. The van der Waals surface area contributed by atoms with Crippen LogP contribution in [-0.4, -0.2) is 16.7 Å². The monoisotopic (exact) mass is 299 g/mol. The van der Waals surface area contributed by atoms with Gasteiger partial charge in [0.05, 0.1) is 17.0 Å². The molecular formula is C17H21N3S. The number of rotatable bonds is 3. The van der Waals surface area contributed by atoms with E-state index in [1.54, 1.807) is 0 Å². The Morgan fingerprint density at radius 1 is 1.19 bits per heavy atom. The molecule has 21 heavy (non-hydrogen) atoms. The van der Waals surface area contributed by atoms with Crippen molar-refractivity contribution in [2.75, 3.05) is 5.01 Å². The summed E-state index contributed by atoms with van der Waals surface area (Å²) in [6.45, 7) is 2.02. The minimum Gasteiger partial charge on any atom is -0.388 e. The average Bonchev–Trinajstić information content (AvgIpc) is 2.82. The first kappa shape index (κ1) is 14.3. The number of benzene rings is 1. The van der Waals surface area contributed by atoms with Crippen LogP contribution in [0.15, 0.2) is 47.2 Å². The average molecular weight is 299 g/mol. The molecule has 1 saturated carbocycles. The van der Waals surface area contributed by atoms with Gasteiger partial charge in [0.15, 0.2) is 0 Å². The Morgan fingerprint density at radius 2 is 1.90 bits per heavy atom. The molecule has 1 fully saturated rings. The fourth-order valence-corrected chi connectivity index (χ4v) is 3.25. The normalized spacial score (nSPS) is 21.8. The molecule has 0 aromatic heterocycles. The van der Waals surface area contributed by atoms with Crippen molar-refractivity contribution in [2.24, 2.45) is 5.10 Å². The Balaban J connectivity index is 1.72. The van der Waals surface area contributed by atoms with Crippen LogP contribution in [0.4, 0.5) is 5.69 Å². The number of thiocarbonyl (C=S) groups is 1.